The third-order valence-corrected chi connectivity index (χ3v) is 29.6. The third kappa shape index (κ3) is 4.30. The Balaban J connectivity index is 1.97. The molecular weight excluding hydrogens is 480 g/mol. The summed E-state index contributed by atoms with van der Waals surface area (Å²) in [5, 5.41) is 0. The van der Waals surface area contributed by atoms with Crippen molar-refractivity contribution in [3.05, 3.63) is 97.4 Å². The van der Waals surface area contributed by atoms with Crippen molar-refractivity contribution in [3.63, 3.8) is 0 Å². The normalized spacial score (nSPS) is 20.0. The Bertz CT molecular complexity index is 1120. The standard InChI is InChI=1S/C15H11.C9H13.C6H14Si.Zr/c1-2-6-12(7-3-1)15-11-10-13-8-4-5-9-14(13)15;1-6-5-7(2)9(4)8(6)3;1-3-5-7-6-4-2;/h1-11H;6H,1-4H3;3-6H2,1-2H3;. The predicted molar refractivity (Wildman–Crippen MR) is 139 cm³/mol. The van der Waals surface area contributed by atoms with E-state index in [0.717, 1.165) is 0 Å². The van der Waals surface area contributed by atoms with Gasteiger partial charge in [0.05, 0.1) is 0 Å². The molecule has 2 aliphatic rings. The Hall–Kier alpha value is -1.24. The van der Waals surface area contributed by atoms with Crippen molar-refractivity contribution in [2.75, 3.05) is 0 Å². The van der Waals surface area contributed by atoms with Crippen LogP contribution in [0.2, 0.25) is 12.1 Å². The molecule has 2 aromatic carbocycles. The van der Waals surface area contributed by atoms with Gasteiger partial charge in [-0.15, -0.1) is 0 Å². The molecule has 2 aliphatic carbocycles. The van der Waals surface area contributed by atoms with Crippen molar-refractivity contribution in [3.8, 4) is 0 Å². The van der Waals surface area contributed by atoms with Crippen LogP contribution in [0.1, 0.15) is 74.7 Å². The number of hydrogen-bond donors (Lipinski definition) is 0. The van der Waals surface area contributed by atoms with Gasteiger partial charge in [-0.05, 0) is 0 Å². The van der Waals surface area contributed by atoms with Gasteiger partial charge in [0, 0.05) is 0 Å². The van der Waals surface area contributed by atoms with Gasteiger partial charge in [0.1, 0.15) is 0 Å². The summed E-state index contributed by atoms with van der Waals surface area (Å²) >= 11 is -2.00. The summed E-state index contributed by atoms with van der Waals surface area (Å²) in [5.41, 5.74) is 10.6. The van der Waals surface area contributed by atoms with Crippen LogP contribution in [0.25, 0.3) is 5.57 Å². The van der Waals surface area contributed by atoms with Gasteiger partial charge in [-0.2, -0.15) is 0 Å². The second-order valence-corrected chi connectivity index (χ2v) is 25.1. The van der Waals surface area contributed by atoms with Crippen LogP contribution in [-0.4, -0.2) is 5.43 Å². The van der Waals surface area contributed by atoms with Crippen molar-refractivity contribution >= 4 is 11.0 Å². The average Bonchev–Trinajstić information content (AvgIpc) is 3.28. The molecule has 0 N–H and O–H groups in total. The van der Waals surface area contributed by atoms with Gasteiger partial charge in [-0.1, -0.05) is 0 Å². The zero-order chi connectivity index (χ0) is 22.8. The fourth-order valence-corrected chi connectivity index (χ4v) is 32.3. The molecule has 4 rings (SSSR count). The zero-order valence-corrected chi connectivity index (χ0v) is 24.2. The summed E-state index contributed by atoms with van der Waals surface area (Å²) in [6.45, 7) is 14.6. The van der Waals surface area contributed by atoms with E-state index in [4.69, 9.17) is 0 Å². The number of allylic oxidation sites excluding steroid dienone is 5. The maximum atomic E-state index is 2.74. The fourth-order valence-electron chi connectivity index (χ4n) is 5.84. The third-order valence-electron chi connectivity index (χ3n) is 7.73. The summed E-state index contributed by atoms with van der Waals surface area (Å²) in [4.78, 5) is 0. The molecule has 2 aromatic rings. The Morgan fingerprint density at radius 3 is 2.03 bits per heavy atom. The van der Waals surface area contributed by atoms with Crippen LogP contribution in [0.4, 0.5) is 0 Å². The quantitative estimate of drug-likeness (QED) is 0.322. The first kappa shape index (κ1) is 23.9. The van der Waals surface area contributed by atoms with Crippen LogP contribution < -0.4 is 0 Å². The van der Waals surface area contributed by atoms with Gasteiger partial charge in [0.15, 0.2) is 0 Å². The Labute approximate surface area is 203 Å². The van der Waals surface area contributed by atoms with Gasteiger partial charge in [-0.25, -0.2) is 0 Å². The van der Waals surface area contributed by atoms with E-state index in [0.29, 0.717) is 9.54 Å². The number of hydrogen-bond acceptors (Lipinski definition) is 0. The van der Waals surface area contributed by atoms with Gasteiger partial charge < -0.3 is 0 Å². The molecule has 0 aliphatic heterocycles. The topological polar surface area (TPSA) is 0 Å². The summed E-state index contributed by atoms with van der Waals surface area (Å²) in [5.74, 6) is 0.666. The fraction of sp³-hybridized carbons (Fsp3) is 0.400. The van der Waals surface area contributed by atoms with E-state index in [1.54, 1.807) is 22.3 Å². The summed E-state index contributed by atoms with van der Waals surface area (Å²) in [7, 11) is 0. The average molecular weight is 518 g/mol. The minimum absolute atomic E-state index is 0.341. The second kappa shape index (κ2) is 10.4. The zero-order valence-electron chi connectivity index (χ0n) is 20.8. The molecule has 0 aromatic heterocycles. The van der Waals surface area contributed by atoms with Crippen molar-refractivity contribution in [2.24, 2.45) is 5.92 Å². The Morgan fingerprint density at radius 1 is 0.812 bits per heavy atom. The SMILES string of the molecule is CCC[Si](CCC)=[Zr]([C]1=C(C)C(C)=C(C)C1C)[CH]1C=C(c2ccccc2)c2ccccc21. The Morgan fingerprint density at radius 2 is 1.44 bits per heavy atom. The molecule has 0 fully saturated rings. The van der Waals surface area contributed by atoms with Crippen LogP contribution in [0.3, 0.4) is 0 Å². The van der Waals surface area contributed by atoms with E-state index >= 15 is 0 Å². The van der Waals surface area contributed by atoms with Crippen molar-refractivity contribution in [1.82, 2.24) is 0 Å². The van der Waals surface area contributed by atoms with Gasteiger partial charge in [0.2, 0.25) is 0 Å². The number of benzene rings is 2. The summed E-state index contributed by atoms with van der Waals surface area (Å²) < 4.78 is 2.66. The van der Waals surface area contributed by atoms with Crippen LogP contribution in [0.15, 0.2) is 80.7 Å². The van der Waals surface area contributed by atoms with Crippen LogP contribution in [0, 0.1) is 5.92 Å². The van der Waals surface area contributed by atoms with Crippen molar-refractivity contribution < 1.29 is 20.4 Å². The van der Waals surface area contributed by atoms with E-state index < -0.39 is 20.4 Å². The minimum atomic E-state index is -2.00. The molecular formula is C30H38SiZr. The van der Waals surface area contributed by atoms with E-state index in [-0.39, 0.29) is 5.43 Å². The molecule has 0 saturated carbocycles. The summed E-state index contributed by atoms with van der Waals surface area (Å²) in [6, 6.07) is 23.5. The molecule has 0 nitrogen and oxygen atoms in total. The van der Waals surface area contributed by atoms with Gasteiger partial charge >= 0.3 is 205 Å². The van der Waals surface area contributed by atoms with E-state index in [1.807, 2.05) is 3.28 Å². The molecule has 0 radical (unpaired) electrons. The molecule has 2 unspecified atom stereocenters. The molecule has 32 heavy (non-hydrogen) atoms. The first-order valence-electron chi connectivity index (χ1n) is 12.5. The number of fused-ring (bicyclic) bond motifs is 1. The summed E-state index contributed by atoms with van der Waals surface area (Å²) in [6.07, 6.45) is 5.45. The first-order valence-corrected chi connectivity index (χ1v) is 20.7. The van der Waals surface area contributed by atoms with Crippen molar-refractivity contribution in [2.45, 2.75) is 70.1 Å². The van der Waals surface area contributed by atoms with Crippen molar-refractivity contribution in [1.29, 1.82) is 0 Å². The van der Waals surface area contributed by atoms with Crippen LogP contribution >= 0.6 is 0 Å². The van der Waals surface area contributed by atoms with Crippen LogP contribution in [-0.2, 0) is 20.4 Å². The van der Waals surface area contributed by atoms with E-state index in [2.05, 4.69) is 102 Å². The predicted octanol–water partition coefficient (Wildman–Crippen LogP) is 8.86. The second-order valence-electron chi connectivity index (χ2n) is 9.60. The molecule has 2 atom stereocenters. The molecule has 0 bridgehead atoms. The van der Waals surface area contributed by atoms with Crippen LogP contribution in [0.5, 0.6) is 0 Å². The van der Waals surface area contributed by atoms with E-state index in [1.165, 1.54) is 41.6 Å². The monoisotopic (exact) mass is 516 g/mol. The molecule has 0 saturated heterocycles. The Kier molecular flexibility index (Phi) is 7.73. The first-order chi connectivity index (χ1) is 15.5. The molecule has 166 valence electrons. The molecule has 0 spiro atoms. The maximum absolute atomic E-state index is 2.74. The molecule has 2 heteroatoms. The van der Waals surface area contributed by atoms with E-state index in [9.17, 15) is 0 Å². The van der Waals surface area contributed by atoms with Gasteiger partial charge in [-0.3, -0.25) is 0 Å². The number of rotatable bonds is 7. The molecule has 0 heterocycles. The van der Waals surface area contributed by atoms with Gasteiger partial charge in [0.25, 0.3) is 0 Å². The molecule has 0 amide bonds.